The normalized spacial score (nSPS) is 14.6. The minimum Gasteiger partial charge on any atom is -0.368 e. The van der Waals surface area contributed by atoms with Gasteiger partial charge in [0.25, 0.3) is 5.91 Å². The summed E-state index contributed by atoms with van der Waals surface area (Å²) in [6.45, 7) is 6.93. The fourth-order valence-electron chi connectivity index (χ4n) is 3.61. The van der Waals surface area contributed by atoms with Gasteiger partial charge in [0.2, 0.25) is 0 Å². The predicted molar refractivity (Wildman–Crippen MR) is 117 cm³/mol. The van der Waals surface area contributed by atoms with Crippen molar-refractivity contribution in [1.29, 1.82) is 0 Å². The van der Waals surface area contributed by atoms with E-state index in [4.69, 9.17) is 0 Å². The van der Waals surface area contributed by atoms with E-state index in [0.29, 0.717) is 5.69 Å². The van der Waals surface area contributed by atoms with Crippen LogP contribution in [0.1, 0.15) is 21.6 Å². The highest BCUT2D eigenvalue weighted by atomic mass is 16.1. The van der Waals surface area contributed by atoms with Crippen molar-refractivity contribution in [1.82, 2.24) is 9.88 Å². The molecule has 1 saturated heterocycles. The molecule has 148 valence electrons. The zero-order valence-electron chi connectivity index (χ0n) is 16.7. The third kappa shape index (κ3) is 4.81. The summed E-state index contributed by atoms with van der Waals surface area (Å²) >= 11 is 0. The summed E-state index contributed by atoms with van der Waals surface area (Å²) in [4.78, 5) is 21.7. The second kappa shape index (κ2) is 8.88. The molecule has 1 aromatic heterocycles. The van der Waals surface area contributed by atoms with Crippen LogP contribution >= 0.6 is 0 Å². The second-order valence-electron chi connectivity index (χ2n) is 7.42. The first kappa shape index (κ1) is 19.2. The Morgan fingerprint density at radius 1 is 0.931 bits per heavy atom. The van der Waals surface area contributed by atoms with Crippen LogP contribution in [0.3, 0.4) is 0 Å². The highest BCUT2D eigenvalue weighted by Gasteiger charge is 2.18. The van der Waals surface area contributed by atoms with Crippen molar-refractivity contribution in [3.05, 3.63) is 89.7 Å². The average Bonchev–Trinajstić information content (AvgIpc) is 2.77. The third-order valence-corrected chi connectivity index (χ3v) is 5.36. The van der Waals surface area contributed by atoms with Crippen molar-refractivity contribution in [2.75, 3.05) is 36.4 Å². The van der Waals surface area contributed by atoms with Gasteiger partial charge in [0.15, 0.2) is 0 Å². The summed E-state index contributed by atoms with van der Waals surface area (Å²) in [7, 11) is 0. The molecule has 0 saturated carbocycles. The lowest BCUT2D eigenvalue weighted by Crippen LogP contribution is -2.46. The second-order valence-corrected chi connectivity index (χ2v) is 7.42. The summed E-state index contributed by atoms with van der Waals surface area (Å²) in [5.74, 6) is -0.182. The molecule has 1 N–H and O–H groups in total. The van der Waals surface area contributed by atoms with Crippen molar-refractivity contribution in [3.8, 4) is 0 Å². The standard InChI is InChI=1S/C24H26N4O/c1-19-7-5-6-10-22(19)26-24(29)23-12-11-21(17-25-23)28-15-13-27(14-16-28)18-20-8-3-2-4-9-20/h2-12,17H,13-16,18H2,1H3,(H,26,29). The molecule has 0 spiro atoms. The van der Waals surface area contributed by atoms with Crippen molar-refractivity contribution < 1.29 is 4.79 Å². The van der Waals surface area contributed by atoms with Crippen LogP contribution in [0.2, 0.25) is 0 Å². The van der Waals surface area contributed by atoms with E-state index in [2.05, 4.69) is 50.4 Å². The first-order chi connectivity index (χ1) is 14.2. The van der Waals surface area contributed by atoms with Crippen molar-refractivity contribution in [2.24, 2.45) is 0 Å². The van der Waals surface area contributed by atoms with Crippen LogP contribution in [-0.4, -0.2) is 42.0 Å². The number of hydrogen-bond acceptors (Lipinski definition) is 4. The van der Waals surface area contributed by atoms with E-state index >= 15 is 0 Å². The molecular formula is C24H26N4O. The number of hydrogen-bond donors (Lipinski definition) is 1. The van der Waals surface area contributed by atoms with Gasteiger partial charge in [0.05, 0.1) is 11.9 Å². The van der Waals surface area contributed by atoms with Gasteiger partial charge in [0.1, 0.15) is 5.69 Å². The van der Waals surface area contributed by atoms with Crippen LogP contribution in [0.25, 0.3) is 0 Å². The lowest BCUT2D eigenvalue weighted by atomic mass is 10.2. The number of carbonyl (C=O) groups is 1. The van der Waals surface area contributed by atoms with Gasteiger partial charge in [-0.15, -0.1) is 0 Å². The molecule has 0 bridgehead atoms. The molecule has 0 unspecified atom stereocenters. The van der Waals surface area contributed by atoms with E-state index in [-0.39, 0.29) is 5.91 Å². The van der Waals surface area contributed by atoms with E-state index in [1.807, 2.05) is 37.3 Å². The molecule has 29 heavy (non-hydrogen) atoms. The number of para-hydroxylation sites is 1. The summed E-state index contributed by atoms with van der Waals surface area (Å²) in [6, 6.07) is 22.1. The van der Waals surface area contributed by atoms with Crippen LogP contribution in [-0.2, 0) is 6.54 Å². The Kier molecular flexibility index (Phi) is 5.86. The fourth-order valence-corrected chi connectivity index (χ4v) is 3.61. The molecule has 2 aromatic carbocycles. The highest BCUT2D eigenvalue weighted by molar-refractivity contribution is 6.03. The molecule has 2 heterocycles. The van der Waals surface area contributed by atoms with Gasteiger partial charge in [-0.25, -0.2) is 4.98 Å². The summed E-state index contributed by atoms with van der Waals surface area (Å²) in [5.41, 5.74) is 4.70. The molecule has 3 aromatic rings. The Morgan fingerprint density at radius 3 is 2.34 bits per heavy atom. The Hall–Kier alpha value is -3.18. The van der Waals surface area contributed by atoms with Crippen LogP contribution in [0.5, 0.6) is 0 Å². The number of nitrogens with one attached hydrogen (secondary N) is 1. The van der Waals surface area contributed by atoms with E-state index in [9.17, 15) is 4.79 Å². The van der Waals surface area contributed by atoms with Crippen LogP contribution < -0.4 is 10.2 Å². The molecule has 5 heteroatoms. The maximum absolute atomic E-state index is 12.5. The number of carbonyl (C=O) groups excluding carboxylic acids is 1. The van der Waals surface area contributed by atoms with Gasteiger partial charge in [0, 0.05) is 38.4 Å². The number of piperazine rings is 1. The van der Waals surface area contributed by atoms with E-state index in [1.54, 1.807) is 12.3 Å². The minimum atomic E-state index is -0.182. The average molecular weight is 386 g/mol. The van der Waals surface area contributed by atoms with Crippen molar-refractivity contribution in [2.45, 2.75) is 13.5 Å². The quantitative estimate of drug-likeness (QED) is 0.721. The zero-order valence-corrected chi connectivity index (χ0v) is 16.7. The first-order valence-corrected chi connectivity index (χ1v) is 10.0. The van der Waals surface area contributed by atoms with Gasteiger partial charge in [-0.2, -0.15) is 0 Å². The van der Waals surface area contributed by atoms with E-state index in [1.165, 1.54) is 5.56 Å². The number of pyridine rings is 1. The van der Waals surface area contributed by atoms with Gasteiger partial charge < -0.3 is 10.2 Å². The molecule has 0 radical (unpaired) electrons. The number of anilines is 2. The predicted octanol–water partition coefficient (Wildman–Crippen LogP) is 3.96. The van der Waals surface area contributed by atoms with E-state index < -0.39 is 0 Å². The smallest absolute Gasteiger partial charge is 0.274 e. The Labute approximate surface area is 172 Å². The SMILES string of the molecule is Cc1ccccc1NC(=O)c1ccc(N2CCN(Cc3ccccc3)CC2)cn1. The van der Waals surface area contributed by atoms with Gasteiger partial charge in [-0.3, -0.25) is 9.69 Å². The largest absolute Gasteiger partial charge is 0.368 e. The first-order valence-electron chi connectivity index (χ1n) is 10.0. The Bertz CT molecular complexity index is 948. The summed E-state index contributed by atoms with van der Waals surface area (Å²) in [5, 5.41) is 2.93. The zero-order chi connectivity index (χ0) is 20.1. The Balaban J connectivity index is 1.33. The highest BCUT2D eigenvalue weighted by Crippen LogP contribution is 2.18. The van der Waals surface area contributed by atoms with Crippen molar-refractivity contribution in [3.63, 3.8) is 0 Å². The van der Waals surface area contributed by atoms with Crippen LogP contribution in [0, 0.1) is 6.92 Å². The summed E-state index contributed by atoms with van der Waals surface area (Å²) < 4.78 is 0. The Morgan fingerprint density at radius 2 is 1.66 bits per heavy atom. The number of rotatable bonds is 5. The molecule has 1 aliphatic rings. The van der Waals surface area contributed by atoms with Gasteiger partial charge >= 0.3 is 0 Å². The monoisotopic (exact) mass is 386 g/mol. The topological polar surface area (TPSA) is 48.5 Å². The van der Waals surface area contributed by atoms with E-state index in [0.717, 1.165) is 49.7 Å². The number of amides is 1. The summed E-state index contributed by atoms with van der Waals surface area (Å²) in [6.07, 6.45) is 1.81. The molecule has 1 aliphatic heterocycles. The van der Waals surface area contributed by atoms with Crippen LogP contribution in [0.4, 0.5) is 11.4 Å². The number of benzene rings is 2. The molecule has 0 atom stereocenters. The maximum Gasteiger partial charge on any atom is 0.274 e. The molecule has 4 rings (SSSR count). The molecule has 5 nitrogen and oxygen atoms in total. The van der Waals surface area contributed by atoms with Gasteiger partial charge in [-0.05, 0) is 36.2 Å². The maximum atomic E-state index is 12.5. The third-order valence-electron chi connectivity index (χ3n) is 5.36. The molecule has 0 aliphatic carbocycles. The minimum absolute atomic E-state index is 0.182. The number of aryl methyl sites for hydroxylation is 1. The number of nitrogens with zero attached hydrogens (tertiary/aromatic N) is 3. The van der Waals surface area contributed by atoms with Crippen molar-refractivity contribution >= 4 is 17.3 Å². The molecule has 1 fully saturated rings. The van der Waals surface area contributed by atoms with Crippen LogP contribution in [0.15, 0.2) is 72.9 Å². The molecule has 1 amide bonds. The molecular weight excluding hydrogens is 360 g/mol. The van der Waals surface area contributed by atoms with Gasteiger partial charge in [-0.1, -0.05) is 48.5 Å². The fraction of sp³-hybridized carbons (Fsp3) is 0.250. The lowest BCUT2D eigenvalue weighted by Gasteiger charge is -2.36. The number of aromatic nitrogens is 1. The lowest BCUT2D eigenvalue weighted by molar-refractivity contribution is 0.102.